The summed E-state index contributed by atoms with van der Waals surface area (Å²) in [5, 5.41) is 7.47. The van der Waals surface area contributed by atoms with Gasteiger partial charge in [0.1, 0.15) is 0 Å². The topological polar surface area (TPSA) is 39.1 Å². The van der Waals surface area contributed by atoms with Crippen LogP contribution in [-0.2, 0) is 17.0 Å². The minimum atomic E-state index is -1.30. The van der Waals surface area contributed by atoms with Crippen LogP contribution in [0.25, 0.3) is 0 Å². The maximum Gasteiger partial charge on any atom is 0.154 e. The molecule has 2 heterocycles. The minimum absolute atomic E-state index is 0.490. The average molecular weight is 320 g/mol. The third kappa shape index (κ3) is 2.92. The van der Waals surface area contributed by atoms with E-state index in [0.29, 0.717) is 38.2 Å². The number of nitrogens with one attached hydrogen (secondary N) is 1. The van der Waals surface area contributed by atoms with Crippen molar-refractivity contribution in [3.8, 4) is 0 Å². The highest BCUT2D eigenvalue weighted by molar-refractivity contribution is 9.10. The van der Waals surface area contributed by atoms with E-state index in [2.05, 4.69) is 26.3 Å². The van der Waals surface area contributed by atoms with Gasteiger partial charge in [0.25, 0.3) is 0 Å². The van der Waals surface area contributed by atoms with E-state index in [9.17, 15) is 0 Å². The van der Waals surface area contributed by atoms with E-state index < -0.39 is 5.67 Å². The Labute approximate surface area is 115 Å². The highest BCUT2D eigenvalue weighted by Crippen LogP contribution is 2.39. The molecule has 0 aromatic carbocycles. The summed E-state index contributed by atoms with van der Waals surface area (Å²) < 4.78 is 22.7. The molecule has 18 heavy (non-hydrogen) atoms. The third-order valence-electron chi connectivity index (χ3n) is 3.35. The van der Waals surface area contributed by atoms with Crippen LogP contribution in [0.2, 0.25) is 0 Å². The van der Waals surface area contributed by atoms with Gasteiger partial charge < -0.3 is 10.1 Å². The Balaban J connectivity index is 2.26. The number of alkyl halides is 1. The molecule has 1 N–H and O–H groups in total. The van der Waals surface area contributed by atoms with Gasteiger partial charge in [-0.3, -0.25) is 4.68 Å². The van der Waals surface area contributed by atoms with Crippen LogP contribution in [-0.4, -0.2) is 36.6 Å². The highest BCUT2D eigenvalue weighted by Gasteiger charge is 2.37. The first-order chi connectivity index (χ1) is 8.67. The zero-order valence-electron chi connectivity index (χ0n) is 10.6. The van der Waals surface area contributed by atoms with E-state index in [-0.39, 0.29) is 0 Å². The van der Waals surface area contributed by atoms with Gasteiger partial charge in [0.05, 0.1) is 29.5 Å². The molecule has 0 spiro atoms. The van der Waals surface area contributed by atoms with Crippen LogP contribution in [0.4, 0.5) is 4.39 Å². The van der Waals surface area contributed by atoms with Crippen molar-refractivity contribution in [2.24, 2.45) is 0 Å². The number of nitrogens with zero attached hydrogens (tertiary/aromatic N) is 2. The number of halogens is 2. The molecule has 1 aliphatic rings. The maximum absolute atomic E-state index is 15.2. The fourth-order valence-corrected chi connectivity index (χ4v) is 3.07. The van der Waals surface area contributed by atoms with Gasteiger partial charge in [0.15, 0.2) is 5.67 Å². The van der Waals surface area contributed by atoms with Crippen LogP contribution in [0.15, 0.2) is 10.7 Å². The Hall–Kier alpha value is -0.460. The fourth-order valence-electron chi connectivity index (χ4n) is 2.42. The summed E-state index contributed by atoms with van der Waals surface area (Å²) in [4.78, 5) is 0. The number of aromatic nitrogens is 2. The van der Waals surface area contributed by atoms with E-state index in [1.807, 2.05) is 0 Å². The smallest absolute Gasteiger partial charge is 0.154 e. The summed E-state index contributed by atoms with van der Waals surface area (Å²) in [6.07, 6.45) is 3.55. The van der Waals surface area contributed by atoms with Crippen molar-refractivity contribution in [2.75, 3.05) is 26.8 Å². The van der Waals surface area contributed by atoms with Gasteiger partial charge in [0.2, 0.25) is 0 Å². The lowest BCUT2D eigenvalue weighted by Gasteiger charge is -2.25. The van der Waals surface area contributed by atoms with E-state index in [1.165, 1.54) is 0 Å². The van der Waals surface area contributed by atoms with Crippen molar-refractivity contribution >= 4 is 15.9 Å². The Kier molecular flexibility index (Phi) is 4.75. The van der Waals surface area contributed by atoms with Gasteiger partial charge in [0, 0.05) is 7.11 Å². The number of methoxy groups -OCH3 is 1. The van der Waals surface area contributed by atoms with Crippen LogP contribution in [0.1, 0.15) is 25.0 Å². The van der Waals surface area contributed by atoms with Crippen molar-refractivity contribution in [1.29, 1.82) is 0 Å². The molecule has 0 aliphatic carbocycles. The Morgan fingerprint density at radius 3 is 3.17 bits per heavy atom. The molecule has 4 nitrogen and oxygen atoms in total. The van der Waals surface area contributed by atoms with Crippen molar-refractivity contribution in [2.45, 2.75) is 31.5 Å². The average Bonchev–Trinajstić information content (AvgIpc) is 2.58. The molecule has 6 heteroatoms. The molecular formula is C12H19BrFN3O. The first-order valence-corrected chi connectivity index (χ1v) is 7.07. The van der Waals surface area contributed by atoms with Crippen LogP contribution in [0.5, 0.6) is 0 Å². The Morgan fingerprint density at radius 1 is 1.56 bits per heavy atom. The van der Waals surface area contributed by atoms with Crippen LogP contribution < -0.4 is 5.32 Å². The van der Waals surface area contributed by atoms with Gasteiger partial charge >= 0.3 is 0 Å². The van der Waals surface area contributed by atoms with Crippen molar-refractivity contribution < 1.29 is 9.13 Å². The molecule has 0 bridgehead atoms. The zero-order valence-corrected chi connectivity index (χ0v) is 12.2. The quantitative estimate of drug-likeness (QED) is 0.925. The minimum Gasteiger partial charge on any atom is -0.383 e. The summed E-state index contributed by atoms with van der Waals surface area (Å²) in [7, 11) is 1.64. The SMILES string of the molecule is COCCn1ncc(Br)c1C1(F)CCCNCC1. The molecular weight excluding hydrogens is 301 g/mol. The van der Waals surface area contributed by atoms with Crippen LogP contribution in [0, 0.1) is 0 Å². The van der Waals surface area contributed by atoms with Crippen molar-refractivity contribution in [3.63, 3.8) is 0 Å². The summed E-state index contributed by atoms with van der Waals surface area (Å²) in [6.45, 7) is 2.71. The number of ether oxygens (including phenoxy) is 1. The van der Waals surface area contributed by atoms with Gasteiger partial charge in [-0.2, -0.15) is 5.10 Å². The number of rotatable bonds is 4. The predicted molar refractivity (Wildman–Crippen MR) is 71.3 cm³/mol. The number of hydrogen-bond acceptors (Lipinski definition) is 3. The lowest BCUT2D eigenvalue weighted by atomic mass is 9.93. The molecule has 1 aromatic heterocycles. The second kappa shape index (κ2) is 6.12. The normalized spacial score (nSPS) is 25.1. The summed E-state index contributed by atoms with van der Waals surface area (Å²) in [5.74, 6) is 0. The van der Waals surface area contributed by atoms with Gasteiger partial charge in [-0.1, -0.05) is 0 Å². The molecule has 0 amide bonds. The first-order valence-electron chi connectivity index (χ1n) is 6.28. The Morgan fingerprint density at radius 2 is 2.39 bits per heavy atom. The third-order valence-corrected chi connectivity index (χ3v) is 3.93. The van der Waals surface area contributed by atoms with Crippen LogP contribution >= 0.6 is 15.9 Å². The van der Waals surface area contributed by atoms with E-state index >= 15 is 4.39 Å². The second-order valence-corrected chi connectivity index (χ2v) is 5.48. The van der Waals surface area contributed by atoms with E-state index in [1.54, 1.807) is 18.0 Å². The monoisotopic (exact) mass is 319 g/mol. The van der Waals surface area contributed by atoms with Crippen molar-refractivity contribution in [1.82, 2.24) is 15.1 Å². The summed E-state index contributed by atoms with van der Waals surface area (Å²) >= 11 is 3.42. The van der Waals surface area contributed by atoms with Gasteiger partial charge in [-0.15, -0.1) is 0 Å². The molecule has 1 atom stereocenters. The van der Waals surface area contributed by atoms with Crippen molar-refractivity contribution in [3.05, 3.63) is 16.4 Å². The van der Waals surface area contributed by atoms with E-state index in [4.69, 9.17) is 4.74 Å². The highest BCUT2D eigenvalue weighted by atomic mass is 79.9. The summed E-state index contributed by atoms with van der Waals surface area (Å²) in [5.41, 5.74) is -0.643. The van der Waals surface area contributed by atoms with E-state index in [0.717, 1.165) is 17.4 Å². The van der Waals surface area contributed by atoms with Gasteiger partial charge in [-0.05, 0) is 48.3 Å². The summed E-state index contributed by atoms with van der Waals surface area (Å²) in [6, 6.07) is 0. The Bertz CT molecular complexity index is 389. The lowest BCUT2D eigenvalue weighted by Crippen LogP contribution is -2.27. The fraction of sp³-hybridized carbons (Fsp3) is 0.750. The molecule has 1 aliphatic heterocycles. The maximum atomic E-state index is 15.2. The molecule has 102 valence electrons. The molecule has 0 saturated carbocycles. The lowest BCUT2D eigenvalue weighted by molar-refractivity contribution is 0.123. The molecule has 0 radical (unpaired) electrons. The molecule has 1 fully saturated rings. The second-order valence-electron chi connectivity index (χ2n) is 4.63. The first kappa shape index (κ1) is 14.0. The predicted octanol–water partition coefficient (Wildman–Crippen LogP) is 2.23. The largest absolute Gasteiger partial charge is 0.383 e. The van der Waals surface area contributed by atoms with Crippen LogP contribution in [0.3, 0.4) is 0 Å². The molecule has 1 unspecified atom stereocenters. The van der Waals surface area contributed by atoms with Gasteiger partial charge in [-0.25, -0.2) is 4.39 Å². The molecule has 1 saturated heterocycles. The zero-order chi connectivity index (χ0) is 13.0. The number of hydrogen-bond donors (Lipinski definition) is 1. The standard InChI is InChI=1S/C12H19BrFN3O/c1-18-8-7-17-11(10(13)9-16-17)12(14)3-2-5-15-6-4-12/h9,15H,2-8H2,1H3. The molecule has 1 aromatic rings. The molecule has 2 rings (SSSR count).